The van der Waals surface area contributed by atoms with Gasteiger partial charge in [0.1, 0.15) is 11.3 Å². The van der Waals surface area contributed by atoms with E-state index in [2.05, 4.69) is 4.98 Å². The SMILES string of the molecule is CCc1nc2c(F)ccc(C)c2c(N)c1C. The first-order valence-electron chi connectivity index (χ1n) is 5.40. The molecule has 3 heteroatoms. The molecule has 1 heterocycles. The van der Waals surface area contributed by atoms with Crippen molar-refractivity contribution in [2.45, 2.75) is 27.2 Å². The van der Waals surface area contributed by atoms with E-state index in [1.54, 1.807) is 6.07 Å². The number of rotatable bonds is 1. The largest absolute Gasteiger partial charge is 0.398 e. The fourth-order valence-electron chi connectivity index (χ4n) is 2.02. The second kappa shape index (κ2) is 3.74. The molecule has 0 spiro atoms. The van der Waals surface area contributed by atoms with Gasteiger partial charge in [-0.25, -0.2) is 9.37 Å². The molecule has 0 atom stereocenters. The van der Waals surface area contributed by atoms with Crippen LogP contribution in [0.25, 0.3) is 10.9 Å². The topological polar surface area (TPSA) is 38.9 Å². The Morgan fingerprint density at radius 3 is 2.62 bits per heavy atom. The molecule has 0 aliphatic carbocycles. The number of halogens is 1. The van der Waals surface area contributed by atoms with Gasteiger partial charge < -0.3 is 5.73 Å². The number of aryl methyl sites for hydroxylation is 2. The molecule has 0 saturated heterocycles. The van der Waals surface area contributed by atoms with Gasteiger partial charge in [0.05, 0.1) is 0 Å². The van der Waals surface area contributed by atoms with E-state index in [1.807, 2.05) is 20.8 Å². The quantitative estimate of drug-likeness (QED) is 0.798. The molecule has 0 saturated carbocycles. The molecule has 1 aromatic heterocycles. The highest BCUT2D eigenvalue weighted by Crippen LogP contribution is 2.29. The third kappa shape index (κ3) is 1.43. The van der Waals surface area contributed by atoms with Gasteiger partial charge in [0.2, 0.25) is 0 Å². The number of pyridine rings is 1. The fraction of sp³-hybridized carbons (Fsp3) is 0.308. The summed E-state index contributed by atoms with van der Waals surface area (Å²) >= 11 is 0. The van der Waals surface area contributed by atoms with Gasteiger partial charge in [-0.3, -0.25) is 0 Å². The minimum Gasteiger partial charge on any atom is -0.398 e. The third-order valence-electron chi connectivity index (χ3n) is 3.02. The summed E-state index contributed by atoms with van der Waals surface area (Å²) in [6.45, 7) is 5.85. The summed E-state index contributed by atoms with van der Waals surface area (Å²) in [6, 6.07) is 3.18. The first-order chi connectivity index (χ1) is 7.56. The number of nitrogen functional groups attached to an aromatic ring is 1. The number of nitrogens with two attached hydrogens (primary N) is 1. The van der Waals surface area contributed by atoms with Crippen molar-refractivity contribution < 1.29 is 4.39 Å². The molecule has 0 radical (unpaired) electrons. The van der Waals surface area contributed by atoms with Gasteiger partial charge in [-0.2, -0.15) is 0 Å². The minimum atomic E-state index is -0.304. The van der Waals surface area contributed by atoms with Crippen LogP contribution < -0.4 is 5.73 Å². The summed E-state index contributed by atoms with van der Waals surface area (Å²) < 4.78 is 13.7. The van der Waals surface area contributed by atoms with E-state index in [-0.39, 0.29) is 5.82 Å². The molecule has 0 amide bonds. The van der Waals surface area contributed by atoms with Gasteiger partial charge in [-0.1, -0.05) is 13.0 Å². The monoisotopic (exact) mass is 218 g/mol. The zero-order valence-corrected chi connectivity index (χ0v) is 9.76. The lowest BCUT2D eigenvalue weighted by Crippen LogP contribution is -2.02. The van der Waals surface area contributed by atoms with Gasteiger partial charge in [-0.05, 0) is 37.5 Å². The van der Waals surface area contributed by atoms with Gasteiger partial charge in [0.25, 0.3) is 0 Å². The number of hydrogen-bond acceptors (Lipinski definition) is 2. The van der Waals surface area contributed by atoms with Crippen LogP contribution in [0.5, 0.6) is 0 Å². The smallest absolute Gasteiger partial charge is 0.149 e. The second-order valence-electron chi connectivity index (χ2n) is 4.04. The van der Waals surface area contributed by atoms with Crippen LogP contribution in [0.1, 0.15) is 23.7 Å². The van der Waals surface area contributed by atoms with Crippen LogP contribution >= 0.6 is 0 Å². The molecular formula is C13H15FN2. The van der Waals surface area contributed by atoms with Crippen molar-refractivity contribution >= 4 is 16.6 Å². The highest BCUT2D eigenvalue weighted by atomic mass is 19.1. The molecule has 2 rings (SSSR count). The van der Waals surface area contributed by atoms with Crippen LogP contribution in [0.4, 0.5) is 10.1 Å². The van der Waals surface area contributed by atoms with Gasteiger partial charge in [0.15, 0.2) is 0 Å². The van der Waals surface area contributed by atoms with Crippen molar-refractivity contribution in [3.05, 3.63) is 34.8 Å². The lowest BCUT2D eigenvalue weighted by molar-refractivity contribution is 0.636. The average Bonchev–Trinajstić information content (AvgIpc) is 2.27. The first kappa shape index (κ1) is 10.9. The summed E-state index contributed by atoms with van der Waals surface area (Å²) in [4.78, 5) is 4.36. The average molecular weight is 218 g/mol. The Kier molecular flexibility index (Phi) is 2.54. The molecular weight excluding hydrogens is 203 g/mol. The number of hydrogen-bond donors (Lipinski definition) is 1. The zero-order valence-electron chi connectivity index (χ0n) is 9.76. The van der Waals surface area contributed by atoms with Crippen LogP contribution in [0, 0.1) is 19.7 Å². The molecule has 1 aromatic carbocycles. The van der Waals surface area contributed by atoms with E-state index in [0.29, 0.717) is 11.2 Å². The lowest BCUT2D eigenvalue weighted by atomic mass is 10.0. The first-order valence-corrected chi connectivity index (χ1v) is 5.40. The van der Waals surface area contributed by atoms with E-state index in [4.69, 9.17) is 5.73 Å². The number of nitrogens with zero attached hydrogens (tertiary/aromatic N) is 1. The Labute approximate surface area is 94.3 Å². The molecule has 0 fully saturated rings. The highest BCUT2D eigenvalue weighted by Gasteiger charge is 2.12. The normalized spacial score (nSPS) is 11.0. The third-order valence-corrected chi connectivity index (χ3v) is 3.02. The Bertz CT molecular complexity index is 562. The van der Waals surface area contributed by atoms with E-state index in [9.17, 15) is 4.39 Å². The second-order valence-corrected chi connectivity index (χ2v) is 4.04. The van der Waals surface area contributed by atoms with Crippen molar-refractivity contribution in [2.75, 3.05) is 5.73 Å². The molecule has 84 valence electrons. The fourth-order valence-corrected chi connectivity index (χ4v) is 2.02. The van der Waals surface area contributed by atoms with E-state index >= 15 is 0 Å². The van der Waals surface area contributed by atoms with Crippen LogP contribution in [-0.4, -0.2) is 4.98 Å². The Hall–Kier alpha value is -1.64. The summed E-state index contributed by atoms with van der Waals surface area (Å²) in [6.07, 6.45) is 0.763. The Morgan fingerprint density at radius 2 is 2.00 bits per heavy atom. The molecule has 16 heavy (non-hydrogen) atoms. The summed E-state index contributed by atoms with van der Waals surface area (Å²) in [5.41, 5.74) is 9.89. The molecule has 0 unspecified atom stereocenters. The molecule has 2 aromatic rings. The maximum Gasteiger partial charge on any atom is 0.149 e. The maximum atomic E-state index is 13.7. The number of fused-ring (bicyclic) bond motifs is 1. The van der Waals surface area contributed by atoms with Crippen LogP contribution in [-0.2, 0) is 6.42 Å². The van der Waals surface area contributed by atoms with Crippen molar-refractivity contribution in [1.29, 1.82) is 0 Å². The summed E-state index contributed by atoms with van der Waals surface area (Å²) in [7, 11) is 0. The van der Waals surface area contributed by atoms with Crippen molar-refractivity contribution in [3.8, 4) is 0 Å². The van der Waals surface area contributed by atoms with Crippen molar-refractivity contribution in [3.63, 3.8) is 0 Å². The Morgan fingerprint density at radius 1 is 1.31 bits per heavy atom. The molecule has 0 aliphatic heterocycles. The molecule has 2 nitrogen and oxygen atoms in total. The number of benzene rings is 1. The number of aromatic nitrogens is 1. The van der Waals surface area contributed by atoms with E-state index in [0.717, 1.165) is 28.6 Å². The minimum absolute atomic E-state index is 0.304. The predicted octanol–water partition coefficient (Wildman–Crippen LogP) is 3.14. The van der Waals surface area contributed by atoms with E-state index in [1.165, 1.54) is 6.07 Å². The maximum absolute atomic E-state index is 13.7. The number of anilines is 1. The molecule has 2 N–H and O–H groups in total. The predicted molar refractivity (Wildman–Crippen MR) is 65.0 cm³/mol. The highest BCUT2D eigenvalue weighted by molar-refractivity contribution is 5.95. The van der Waals surface area contributed by atoms with Crippen molar-refractivity contribution in [1.82, 2.24) is 4.98 Å². The zero-order chi connectivity index (χ0) is 11.9. The van der Waals surface area contributed by atoms with E-state index < -0.39 is 0 Å². The summed E-state index contributed by atoms with van der Waals surface area (Å²) in [5, 5.41) is 0.745. The van der Waals surface area contributed by atoms with Gasteiger partial charge >= 0.3 is 0 Å². The Balaban J connectivity index is 2.97. The van der Waals surface area contributed by atoms with Gasteiger partial charge in [-0.15, -0.1) is 0 Å². The molecule has 0 aliphatic rings. The van der Waals surface area contributed by atoms with Gasteiger partial charge in [0, 0.05) is 16.8 Å². The van der Waals surface area contributed by atoms with Crippen LogP contribution in [0.15, 0.2) is 12.1 Å². The lowest BCUT2D eigenvalue weighted by Gasteiger charge is -2.12. The van der Waals surface area contributed by atoms with Crippen LogP contribution in [0.2, 0.25) is 0 Å². The van der Waals surface area contributed by atoms with Crippen LogP contribution in [0.3, 0.4) is 0 Å². The van der Waals surface area contributed by atoms with Crippen molar-refractivity contribution in [2.24, 2.45) is 0 Å². The summed E-state index contributed by atoms with van der Waals surface area (Å²) in [5.74, 6) is -0.304. The molecule has 0 bridgehead atoms. The standard InChI is InChI=1S/C13H15FN2/c1-4-10-8(3)12(15)11-7(2)5-6-9(14)13(11)16-10/h5-6H,4H2,1-3H3,(H2,15,16).